The van der Waals surface area contributed by atoms with Crippen LogP contribution in [-0.4, -0.2) is 20.3 Å². The molecule has 0 spiro atoms. The van der Waals surface area contributed by atoms with Gasteiger partial charge in [-0.25, -0.2) is 9.18 Å². The zero-order valence-corrected chi connectivity index (χ0v) is 14.0. The zero-order chi connectivity index (χ0) is 17.5. The Kier molecular flexibility index (Phi) is 3.83. The van der Waals surface area contributed by atoms with E-state index in [4.69, 9.17) is 9.47 Å². The molecule has 5 nitrogen and oxygen atoms in total. The third kappa shape index (κ3) is 2.64. The summed E-state index contributed by atoms with van der Waals surface area (Å²) >= 11 is 0. The largest absolute Gasteiger partial charge is 0.494 e. The number of ether oxygens (including phenoxy) is 2. The number of anilines is 3. The minimum absolute atomic E-state index is 0.173. The molecule has 6 heteroatoms. The van der Waals surface area contributed by atoms with Crippen LogP contribution >= 0.6 is 0 Å². The van der Waals surface area contributed by atoms with E-state index in [1.54, 1.807) is 31.3 Å². The van der Waals surface area contributed by atoms with Gasteiger partial charge >= 0.3 is 6.09 Å². The van der Waals surface area contributed by atoms with Gasteiger partial charge in [0.05, 0.1) is 18.5 Å². The normalized spacial score (nSPS) is 15.5. The number of halogens is 1. The van der Waals surface area contributed by atoms with E-state index >= 15 is 0 Å². The summed E-state index contributed by atoms with van der Waals surface area (Å²) in [4.78, 5) is 13.3. The number of nitrogens with zero attached hydrogens (tertiary/aromatic N) is 1. The molecule has 1 N–H and O–H groups in total. The van der Waals surface area contributed by atoms with Crippen molar-refractivity contribution in [3.8, 4) is 5.75 Å². The number of hydrogen-bond acceptors (Lipinski definition) is 4. The van der Waals surface area contributed by atoms with E-state index in [1.807, 2.05) is 26.0 Å². The Morgan fingerprint density at radius 2 is 2.00 bits per heavy atom. The van der Waals surface area contributed by atoms with Crippen molar-refractivity contribution in [2.75, 3.05) is 24.4 Å². The summed E-state index contributed by atoms with van der Waals surface area (Å²) in [7, 11) is 3.08. The highest BCUT2D eigenvalue weighted by atomic mass is 19.1. The number of nitrogens with one attached hydrogen (secondary N) is 1. The second kappa shape index (κ2) is 5.70. The van der Waals surface area contributed by atoms with E-state index in [0.29, 0.717) is 11.4 Å². The Labute approximate surface area is 140 Å². The van der Waals surface area contributed by atoms with Gasteiger partial charge in [0.1, 0.15) is 5.60 Å². The third-order valence-electron chi connectivity index (χ3n) is 4.09. The zero-order valence-electron chi connectivity index (χ0n) is 14.0. The lowest BCUT2D eigenvalue weighted by Gasteiger charge is -2.37. The molecule has 24 heavy (non-hydrogen) atoms. The molecule has 0 saturated carbocycles. The highest BCUT2D eigenvalue weighted by molar-refractivity contribution is 5.91. The Balaban J connectivity index is 1.99. The lowest BCUT2D eigenvalue weighted by Crippen LogP contribution is -2.41. The molecule has 0 bridgehead atoms. The number of carbonyl (C=O) groups excluding carboxylic acids is 1. The van der Waals surface area contributed by atoms with Crippen molar-refractivity contribution in [3.63, 3.8) is 0 Å². The number of hydrogen-bond donors (Lipinski definition) is 1. The number of fused-ring (bicyclic) bond motifs is 1. The number of carbonyl (C=O) groups is 1. The van der Waals surface area contributed by atoms with Crippen molar-refractivity contribution in [2.45, 2.75) is 19.4 Å². The van der Waals surface area contributed by atoms with Crippen LogP contribution in [0.4, 0.5) is 26.2 Å². The summed E-state index contributed by atoms with van der Waals surface area (Å²) < 4.78 is 24.7. The number of amides is 1. The lowest BCUT2D eigenvalue weighted by atomic mass is 9.93. The lowest BCUT2D eigenvalue weighted by molar-refractivity contribution is 0.0362. The molecule has 2 aromatic rings. The molecule has 0 fully saturated rings. The van der Waals surface area contributed by atoms with Gasteiger partial charge in [0.25, 0.3) is 0 Å². The number of cyclic esters (lactones) is 1. The molecule has 0 aromatic heterocycles. The Morgan fingerprint density at radius 3 is 2.71 bits per heavy atom. The molecule has 0 atom stereocenters. The van der Waals surface area contributed by atoms with Crippen LogP contribution in [0.3, 0.4) is 0 Å². The highest BCUT2D eigenvalue weighted by Crippen LogP contribution is 2.40. The maximum absolute atomic E-state index is 14.3. The highest BCUT2D eigenvalue weighted by Gasteiger charge is 2.36. The Morgan fingerprint density at radius 1 is 1.25 bits per heavy atom. The van der Waals surface area contributed by atoms with E-state index in [2.05, 4.69) is 5.32 Å². The van der Waals surface area contributed by atoms with Crippen LogP contribution in [0.1, 0.15) is 19.4 Å². The SMILES string of the molecule is COc1cccc(Nc2ccc3c(c2)C(C)(C)OC(=O)N3C)c1F. The first-order chi connectivity index (χ1) is 11.3. The fourth-order valence-electron chi connectivity index (χ4n) is 2.75. The molecule has 0 aliphatic carbocycles. The van der Waals surface area contributed by atoms with E-state index in [0.717, 1.165) is 11.3 Å². The van der Waals surface area contributed by atoms with E-state index in [1.165, 1.54) is 12.0 Å². The van der Waals surface area contributed by atoms with Crippen LogP contribution in [-0.2, 0) is 10.3 Å². The first kappa shape index (κ1) is 16.1. The summed E-state index contributed by atoms with van der Waals surface area (Å²) in [6.07, 6.45) is -0.396. The minimum Gasteiger partial charge on any atom is -0.494 e. The summed E-state index contributed by atoms with van der Waals surface area (Å²) in [6.45, 7) is 3.65. The van der Waals surface area contributed by atoms with Crippen molar-refractivity contribution >= 4 is 23.2 Å². The third-order valence-corrected chi connectivity index (χ3v) is 4.09. The molecule has 0 radical (unpaired) electrons. The van der Waals surface area contributed by atoms with Crippen LogP contribution in [0.5, 0.6) is 5.75 Å². The number of methoxy groups -OCH3 is 1. The predicted molar refractivity (Wildman–Crippen MR) is 90.6 cm³/mol. The first-order valence-electron chi connectivity index (χ1n) is 7.54. The van der Waals surface area contributed by atoms with Gasteiger partial charge < -0.3 is 14.8 Å². The van der Waals surface area contributed by atoms with Gasteiger partial charge in [-0.15, -0.1) is 0 Å². The Hall–Kier alpha value is -2.76. The molecule has 126 valence electrons. The second-order valence-corrected chi connectivity index (χ2v) is 6.12. The summed E-state index contributed by atoms with van der Waals surface area (Å²) in [5.74, 6) is -0.285. The molecular formula is C18H19FN2O3. The van der Waals surface area contributed by atoms with Crippen LogP contribution in [0, 0.1) is 5.82 Å². The van der Waals surface area contributed by atoms with Crippen LogP contribution in [0.15, 0.2) is 36.4 Å². The van der Waals surface area contributed by atoms with Crippen molar-refractivity contribution < 1.29 is 18.7 Å². The van der Waals surface area contributed by atoms with Gasteiger partial charge in [-0.2, -0.15) is 0 Å². The number of benzene rings is 2. The molecule has 2 aromatic carbocycles. The van der Waals surface area contributed by atoms with E-state index in [-0.39, 0.29) is 5.75 Å². The van der Waals surface area contributed by atoms with Gasteiger partial charge in [-0.3, -0.25) is 4.90 Å². The van der Waals surface area contributed by atoms with Gasteiger partial charge in [-0.05, 0) is 44.2 Å². The minimum atomic E-state index is -0.760. The first-order valence-corrected chi connectivity index (χ1v) is 7.54. The molecule has 3 rings (SSSR count). The average Bonchev–Trinajstić information content (AvgIpc) is 2.54. The molecule has 1 amide bonds. The quantitative estimate of drug-likeness (QED) is 0.906. The average molecular weight is 330 g/mol. The van der Waals surface area contributed by atoms with Gasteiger partial charge in [-0.1, -0.05) is 6.07 Å². The van der Waals surface area contributed by atoms with Gasteiger partial charge in [0.15, 0.2) is 11.6 Å². The molecular weight excluding hydrogens is 311 g/mol. The van der Waals surface area contributed by atoms with Gasteiger partial charge in [0.2, 0.25) is 0 Å². The van der Waals surface area contributed by atoms with Crippen LogP contribution in [0.25, 0.3) is 0 Å². The second-order valence-electron chi connectivity index (χ2n) is 6.12. The fraction of sp³-hybridized carbons (Fsp3) is 0.278. The van der Waals surface area contributed by atoms with Crippen LogP contribution in [0.2, 0.25) is 0 Å². The molecule has 1 aliphatic rings. The van der Waals surface area contributed by atoms with E-state index < -0.39 is 17.5 Å². The topological polar surface area (TPSA) is 50.8 Å². The standard InChI is InChI=1S/C18H19FN2O3/c1-18(2)12-10-11(8-9-14(12)21(3)17(22)24-18)20-13-6-5-7-15(23-4)16(13)19/h5-10,20H,1-4H3. The van der Waals surface area contributed by atoms with Crippen molar-refractivity contribution in [3.05, 3.63) is 47.8 Å². The summed E-state index contributed by atoms with van der Waals surface area (Å²) in [5, 5.41) is 3.05. The molecule has 1 heterocycles. The fourth-order valence-corrected chi connectivity index (χ4v) is 2.75. The smallest absolute Gasteiger partial charge is 0.414 e. The van der Waals surface area contributed by atoms with Crippen molar-refractivity contribution in [1.82, 2.24) is 0 Å². The maximum atomic E-state index is 14.3. The molecule has 0 saturated heterocycles. The summed E-state index contributed by atoms with van der Waals surface area (Å²) in [5.41, 5.74) is 1.86. The monoisotopic (exact) mass is 330 g/mol. The van der Waals surface area contributed by atoms with Crippen molar-refractivity contribution in [1.29, 1.82) is 0 Å². The van der Waals surface area contributed by atoms with E-state index in [9.17, 15) is 9.18 Å². The summed E-state index contributed by atoms with van der Waals surface area (Å²) in [6, 6.07) is 10.4. The molecule has 0 unspecified atom stereocenters. The molecule has 1 aliphatic heterocycles. The Bertz CT molecular complexity index is 805. The number of rotatable bonds is 3. The van der Waals surface area contributed by atoms with Crippen LogP contribution < -0.4 is 15.0 Å². The predicted octanol–water partition coefficient (Wildman–Crippen LogP) is 4.40. The van der Waals surface area contributed by atoms with Gasteiger partial charge in [0, 0.05) is 18.3 Å². The maximum Gasteiger partial charge on any atom is 0.414 e. The van der Waals surface area contributed by atoms with Crippen molar-refractivity contribution in [2.24, 2.45) is 0 Å².